The Morgan fingerprint density at radius 2 is 2.00 bits per heavy atom. The monoisotopic (exact) mass is 187 g/mol. The summed E-state index contributed by atoms with van der Waals surface area (Å²) in [6.07, 6.45) is 3.24. The van der Waals surface area contributed by atoms with Gasteiger partial charge >= 0.3 is 0 Å². The molecule has 0 aliphatic heterocycles. The van der Waals surface area contributed by atoms with Gasteiger partial charge < -0.3 is 10.1 Å². The van der Waals surface area contributed by atoms with Crippen LogP contribution < -0.4 is 5.32 Å². The van der Waals surface area contributed by atoms with Crippen molar-refractivity contribution in [2.45, 2.75) is 33.1 Å². The Kier molecular flexibility index (Phi) is 7.69. The van der Waals surface area contributed by atoms with Crippen LogP contribution in [0.4, 0.5) is 0 Å². The third kappa shape index (κ3) is 7.78. The molecule has 78 valence electrons. The summed E-state index contributed by atoms with van der Waals surface area (Å²) in [5, 5.41) is 2.88. The van der Waals surface area contributed by atoms with Gasteiger partial charge in [-0.15, -0.1) is 0 Å². The van der Waals surface area contributed by atoms with E-state index >= 15 is 0 Å². The Morgan fingerprint density at radius 3 is 2.54 bits per heavy atom. The summed E-state index contributed by atoms with van der Waals surface area (Å²) in [5.41, 5.74) is 0. The summed E-state index contributed by atoms with van der Waals surface area (Å²) in [7, 11) is 1.71. The van der Waals surface area contributed by atoms with Crippen molar-refractivity contribution in [3.8, 4) is 0 Å². The number of unbranched alkanes of at least 4 members (excludes halogenated alkanes) is 2. The average molecular weight is 187 g/mol. The van der Waals surface area contributed by atoms with Crippen LogP contribution in [0.5, 0.6) is 0 Å². The predicted molar refractivity (Wildman–Crippen MR) is 53.6 cm³/mol. The summed E-state index contributed by atoms with van der Waals surface area (Å²) in [5.74, 6) is 0.241. The molecule has 0 bridgehead atoms. The average Bonchev–Trinajstić information content (AvgIpc) is 2.10. The van der Waals surface area contributed by atoms with Crippen molar-refractivity contribution < 1.29 is 9.53 Å². The Hall–Kier alpha value is -0.570. The fourth-order valence-corrected chi connectivity index (χ4v) is 0.964. The topological polar surface area (TPSA) is 38.3 Å². The molecule has 0 saturated heterocycles. The molecule has 1 N–H and O–H groups in total. The van der Waals surface area contributed by atoms with Crippen molar-refractivity contribution >= 4 is 5.91 Å². The zero-order valence-corrected chi connectivity index (χ0v) is 8.93. The molecule has 0 aromatic carbocycles. The van der Waals surface area contributed by atoms with E-state index in [4.69, 9.17) is 4.74 Å². The van der Waals surface area contributed by atoms with Gasteiger partial charge in [0.05, 0.1) is 0 Å². The second kappa shape index (κ2) is 8.05. The number of methoxy groups -OCH3 is 1. The van der Waals surface area contributed by atoms with Crippen molar-refractivity contribution in [2.24, 2.45) is 5.92 Å². The standard InChI is InChI=1S/C10H21NO2/c1-9(2)10(12)11-7-5-4-6-8-13-3/h9H,4-8H2,1-3H3,(H,11,12). The van der Waals surface area contributed by atoms with Crippen LogP contribution in [0.3, 0.4) is 0 Å². The van der Waals surface area contributed by atoms with Gasteiger partial charge in [0, 0.05) is 26.2 Å². The molecular weight excluding hydrogens is 166 g/mol. The highest BCUT2D eigenvalue weighted by Crippen LogP contribution is 1.95. The minimum absolute atomic E-state index is 0.0963. The number of hydrogen-bond donors (Lipinski definition) is 1. The molecule has 3 heteroatoms. The molecule has 13 heavy (non-hydrogen) atoms. The van der Waals surface area contributed by atoms with Gasteiger partial charge in [0.15, 0.2) is 0 Å². The molecule has 0 aromatic rings. The van der Waals surface area contributed by atoms with E-state index in [2.05, 4.69) is 5.32 Å². The molecule has 0 spiro atoms. The van der Waals surface area contributed by atoms with Gasteiger partial charge in [-0.2, -0.15) is 0 Å². The van der Waals surface area contributed by atoms with Crippen LogP contribution in [-0.4, -0.2) is 26.2 Å². The van der Waals surface area contributed by atoms with E-state index in [1.165, 1.54) is 0 Å². The molecule has 0 aromatic heterocycles. The van der Waals surface area contributed by atoms with Crippen LogP contribution in [-0.2, 0) is 9.53 Å². The van der Waals surface area contributed by atoms with E-state index in [9.17, 15) is 4.79 Å². The molecule has 0 rings (SSSR count). The molecule has 0 saturated carbocycles. The first kappa shape index (κ1) is 12.4. The maximum absolute atomic E-state index is 11.1. The second-order valence-electron chi connectivity index (χ2n) is 3.50. The summed E-state index contributed by atoms with van der Waals surface area (Å²) in [4.78, 5) is 11.1. The second-order valence-corrected chi connectivity index (χ2v) is 3.50. The molecule has 3 nitrogen and oxygen atoms in total. The van der Waals surface area contributed by atoms with E-state index in [1.54, 1.807) is 7.11 Å². The molecule has 1 amide bonds. The number of carbonyl (C=O) groups excluding carboxylic acids is 1. The first-order valence-corrected chi connectivity index (χ1v) is 4.95. The molecule has 0 aliphatic carbocycles. The van der Waals surface area contributed by atoms with Gasteiger partial charge in [-0.05, 0) is 19.3 Å². The number of rotatable bonds is 7. The van der Waals surface area contributed by atoms with E-state index in [1.807, 2.05) is 13.8 Å². The smallest absolute Gasteiger partial charge is 0.222 e. The molecule has 0 fully saturated rings. The van der Waals surface area contributed by atoms with Gasteiger partial charge in [-0.3, -0.25) is 4.79 Å². The normalized spacial score (nSPS) is 10.5. The molecule has 0 atom stereocenters. The number of amides is 1. The third-order valence-corrected chi connectivity index (χ3v) is 1.85. The van der Waals surface area contributed by atoms with E-state index in [0.29, 0.717) is 0 Å². The molecule has 0 unspecified atom stereocenters. The maximum atomic E-state index is 11.1. The maximum Gasteiger partial charge on any atom is 0.222 e. The van der Waals surface area contributed by atoms with Crippen molar-refractivity contribution in [2.75, 3.05) is 20.3 Å². The minimum atomic E-state index is 0.0963. The fourth-order valence-electron chi connectivity index (χ4n) is 0.964. The lowest BCUT2D eigenvalue weighted by atomic mass is 10.2. The predicted octanol–water partition coefficient (Wildman–Crippen LogP) is 1.58. The van der Waals surface area contributed by atoms with Gasteiger partial charge in [0.2, 0.25) is 5.91 Å². The zero-order valence-electron chi connectivity index (χ0n) is 8.93. The van der Waals surface area contributed by atoms with Crippen molar-refractivity contribution in [3.63, 3.8) is 0 Å². The van der Waals surface area contributed by atoms with Crippen molar-refractivity contribution in [1.29, 1.82) is 0 Å². The largest absolute Gasteiger partial charge is 0.385 e. The first-order valence-electron chi connectivity index (χ1n) is 4.95. The fraction of sp³-hybridized carbons (Fsp3) is 0.900. The Labute approximate surface area is 80.8 Å². The van der Waals surface area contributed by atoms with E-state index in [-0.39, 0.29) is 11.8 Å². The Bertz CT molecular complexity index is 135. The van der Waals surface area contributed by atoms with Crippen LogP contribution in [0.25, 0.3) is 0 Å². The van der Waals surface area contributed by atoms with Gasteiger partial charge in [0.1, 0.15) is 0 Å². The van der Waals surface area contributed by atoms with Gasteiger partial charge in [0.25, 0.3) is 0 Å². The molecule has 0 heterocycles. The van der Waals surface area contributed by atoms with Crippen LogP contribution in [0.15, 0.2) is 0 Å². The minimum Gasteiger partial charge on any atom is -0.385 e. The zero-order chi connectivity index (χ0) is 10.1. The number of hydrogen-bond acceptors (Lipinski definition) is 2. The van der Waals surface area contributed by atoms with Crippen LogP contribution in [0, 0.1) is 5.92 Å². The highest BCUT2D eigenvalue weighted by molar-refractivity contribution is 5.77. The summed E-state index contributed by atoms with van der Waals surface area (Å²) < 4.78 is 4.92. The number of carbonyl (C=O) groups is 1. The van der Waals surface area contributed by atoms with Crippen molar-refractivity contribution in [3.05, 3.63) is 0 Å². The summed E-state index contributed by atoms with van der Waals surface area (Å²) in [6, 6.07) is 0. The Balaban J connectivity index is 3.12. The van der Waals surface area contributed by atoms with E-state index in [0.717, 1.165) is 32.4 Å². The lowest BCUT2D eigenvalue weighted by Crippen LogP contribution is -2.28. The van der Waals surface area contributed by atoms with Crippen molar-refractivity contribution in [1.82, 2.24) is 5.32 Å². The quantitative estimate of drug-likeness (QED) is 0.614. The first-order chi connectivity index (χ1) is 6.18. The van der Waals surface area contributed by atoms with Gasteiger partial charge in [-0.25, -0.2) is 0 Å². The molecule has 0 aliphatic rings. The summed E-state index contributed by atoms with van der Waals surface area (Å²) in [6.45, 7) is 5.42. The summed E-state index contributed by atoms with van der Waals surface area (Å²) >= 11 is 0. The Morgan fingerprint density at radius 1 is 1.31 bits per heavy atom. The molecular formula is C10H21NO2. The highest BCUT2D eigenvalue weighted by atomic mass is 16.5. The molecule has 0 radical (unpaired) electrons. The number of ether oxygens (including phenoxy) is 1. The SMILES string of the molecule is COCCCCCNC(=O)C(C)C. The lowest BCUT2D eigenvalue weighted by molar-refractivity contribution is -0.123. The van der Waals surface area contributed by atoms with E-state index < -0.39 is 0 Å². The van der Waals surface area contributed by atoms with Crippen LogP contribution >= 0.6 is 0 Å². The van der Waals surface area contributed by atoms with Gasteiger partial charge in [-0.1, -0.05) is 13.8 Å². The van der Waals surface area contributed by atoms with Crippen LogP contribution in [0.1, 0.15) is 33.1 Å². The number of nitrogens with one attached hydrogen (secondary N) is 1. The third-order valence-electron chi connectivity index (χ3n) is 1.85. The lowest BCUT2D eigenvalue weighted by Gasteiger charge is -2.06. The van der Waals surface area contributed by atoms with Crippen LogP contribution in [0.2, 0.25) is 0 Å². The highest BCUT2D eigenvalue weighted by Gasteiger charge is 2.04.